The average molecular weight is 242 g/mol. The van der Waals surface area contributed by atoms with Crippen molar-refractivity contribution in [2.24, 2.45) is 5.73 Å². The molecule has 3 rings (SSSR count). The van der Waals surface area contributed by atoms with Crippen LogP contribution >= 0.6 is 0 Å². The van der Waals surface area contributed by atoms with Crippen molar-refractivity contribution in [3.05, 3.63) is 42.0 Å². The van der Waals surface area contributed by atoms with Crippen LogP contribution in [-0.4, -0.2) is 14.8 Å². The van der Waals surface area contributed by atoms with Gasteiger partial charge >= 0.3 is 0 Å². The van der Waals surface area contributed by atoms with Crippen molar-refractivity contribution in [2.75, 3.05) is 0 Å². The van der Waals surface area contributed by atoms with Crippen LogP contribution in [0.4, 0.5) is 0 Å². The molecule has 0 amide bonds. The molecule has 0 aromatic carbocycles. The van der Waals surface area contributed by atoms with Gasteiger partial charge in [-0.2, -0.15) is 5.10 Å². The molecule has 1 fully saturated rings. The second kappa shape index (κ2) is 4.53. The molecule has 0 bridgehead atoms. The van der Waals surface area contributed by atoms with Crippen LogP contribution in [0.1, 0.15) is 49.5 Å². The Morgan fingerprint density at radius 3 is 2.83 bits per heavy atom. The summed E-state index contributed by atoms with van der Waals surface area (Å²) >= 11 is 0. The van der Waals surface area contributed by atoms with E-state index in [-0.39, 0.29) is 6.04 Å². The fourth-order valence-corrected chi connectivity index (χ4v) is 2.04. The van der Waals surface area contributed by atoms with Crippen LogP contribution in [0.3, 0.4) is 0 Å². The molecule has 18 heavy (non-hydrogen) atoms. The third kappa shape index (κ3) is 2.16. The van der Waals surface area contributed by atoms with Gasteiger partial charge in [0.05, 0.1) is 23.3 Å². The zero-order valence-electron chi connectivity index (χ0n) is 10.6. The highest BCUT2D eigenvalue weighted by atomic mass is 15.3. The van der Waals surface area contributed by atoms with Gasteiger partial charge in [-0.25, -0.2) is 4.68 Å². The highest BCUT2D eigenvalue weighted by Crippen LogP contribution is 2.38. The Hall–Kier alpha value is -1.68. The Kier molecular flexibility index (Phi) is 2.88. The summed E-state index contributed by atoms with van der Waals surface area (Å²) in [6.45, 7) is 2.07. The van der Waals surface area contributed by atoms with Gasteiger partial charge in [-0.1, -0.05) is 6.92 Å². The molecule has 4 heteroatoms. The van der Waals surface area contributed by atoms with Gasteiger partial charge in [-0.05, 0) is 37.5 Å². The summed E-state index contributed by atoms with van der Waals surface area (Å²) in [5.74, 6) is 0.687. The van der Waals surface area contributed by atoms with E-state index in [1.165, 1.54) is 18.5 Å². The number of rotatable bonds is 4. The van der Waals surface area contributed by atoms with E-state index in [0.29, 0.717) is 5.92 Å². The van der Waals surface area contributed by atoms with Crippen molar-refractivity contribution in [3.63, 3.8) is 0 Å². The molecule has 2 N–H and O–H groups in total. The number of pyridine rings is 1. The Morgan fingerprint density at radius 1 is 1.39 bits per heavy atom. The lowest BCUT2D eigenvalue weighted by Gasteiger charge is -2.08. The lowest BCUT2D eigenvalue weighted by Crippen LogP contribution is -2.10. The molecule has 2 aromatic heterocycles. The molecule has 2 heterocycles. The van der Waals surface area contributed by atoms with Crippen LogP contribution in [0, 0.1) is 0 Å². The molecule has 0 aliphatic heterocycles. The third-order valence-electron chi connectivity index (χ3n) is 3.46. The van der Waals surface area contributed by atoms with Crippen LogP contribution in [0.15, 0.2) is 30.6 Å². The van der Waals surface area contributed by atoms with Gasteiger partial charge in [0, 0.05) is 18.2 Å². The van der Waals surface area contributed by atoms with E-state index in [0.717, 1.165) is 17.8 Å². The predicted octanol–water partition coefficient (Wildman–Crippen LogP) is 2.55. The van der Waals surface area contributed by atoms with Gasteiger partial charge in [0.25, 0.3) is 0 Å². The Labute approximate surface area is 107 Å². The second-order valence-electron chi connectivity index (χ2n) is 4.92. The lowest BCUT2D eigenvalue weighted by molar-refractivity contribution is 0.674. The maximum absolute atomic E-state index is 5.95. The number of aromatic nitrogens is 3. The van der Waals surface area contributed by atoms with E-state index >= 15 is 0 Å². The minimum absolute atomic E-state index is 0.0266. The number of hydrogen-bond donors (Lipinski definition) is 1. The molecule has 0 spiro atoms. The molecular weight excluding hydrogens is 224 g/mol. The van der Waals surface area contributed by atoms with Crippen molar-refractivity contribution >= 4 is 0 Å². The van der Waals surface area contributed by atoms with E-state index in [2.05, 4.69) is 23.1 Å². The molecule has 1 aliphatic rings. The van der Waals surface area contributed by atoms with Crippen molar-refractivity contribution in [1.29, 1.82) is 0 Å². The van der Waals surface area contributed by atoms with Crippen LogP contribution in [0.5, 0.6) is 0 Å². The van der Waals surface area contributed by atoms with Crippen LogP contribution in [-0.2, 0) is 0 Å². The molecule has 0 saturated heterocycles. The molecule has 1 atom stereocenters. The summed E-state index contributed by atoms with van der Waals surface area (Å²) in [6.07, 6.45) is 7.30. The summed E-state index contributed by atoms with van der Waals surface area (Å²) in [5, 5.41) is 4.58. The molecule has 1 aliphatic carbocycles. The van der Waals surface area contributed by atoms with E-state index in [1.807, 2.05) is 29.2 Å². The van der Waals surface area contributed by atoms with Gasteiger partial charge < -0.3 is 5.73 Å². The number of nitrogens with two attached hydrogens (primary N) is 1. The van der Waals surface area contributed by atoms with Gasteiger partial charge in [0.1, 0.15) is 0 Å². The molecule has 4 nitrogen and oxygen atoms in total. The van der Waals surface area contributed by atoms with Crippen molar-refractivity contribution < 1.29 is 0 Å². The Balaban J connectivity index is 1.82. The van der Waals surface area contributed by atoms with Gasteiger partial charge in [0.15, 0.2) is 0 Å². The zero-order valence-corrected chi connectivity index (χ0v) is 10.6. The molecule has 1 unspecified atom stereocenters. The highest BCUT2D eigenvalue weighted by molar-refractivity contribution is 5.30. The first-order valence-corrected chi connectivity index (χ1v) is 6.55. The van der Waals surface area contributed by atoms with Crippen LogP contribution < -0.4 is 5.73 Å². The topological polar surface area (TPSA) is 56.7 Å². The fraction of sp³-hybridized carbons (Fsp3) is 0.429. The summed E-state index contributed by atoms with van der Waals surface area (Å²) in [5.41, 5.74) is 9.08. The van der Waals surface area contributed by atoms with E-state index in [1.54, 1.807) is 0 Å². The Bertz CT molecular complexity index is 525. The zero-order chi connectivity index (χ0) is 12.5. The maximum Gasteiger partial charge on any atom is 0.0829 e. The first-order chi connectivity index (χ1) is 8.78. The molecule has 1 saturated carbocycles. The minimum atomic E-state index is 0.0266. The quantitative estimate of drug-likeness (QED) is 0.896. The van der Waals surface area contributed by atoms with Crippen molar-refractivity contribution in [3.8, 4) is 5.69 Å². The lowest BCUT2D eigenvalue weighted by atomic mass is 10.1. The molecule has 0 radical (unpaired) electrons. The monoisotopic (exact) mass is 242 g/mol. The average Bonchev–Trinajstić information content (AvgIpc) is 3.16. The summed E-state index contributed by atoms with van der Waals surface area (Å²) in [6, 6.07) is 6.14. The van der Waals surface area contributed by atoms with Crippen molar-refractivity contribution in [1.82, 2.24) is 14.8 Å². The van der Waals surface area contributed by atoms with Crippen LogP contribution in [0.2, 0.25) is 0 Å². The third-order valence-corrected chi connectivity index (χ3v) is 3.46. The number of hydrogen-bond acceptors (Lipinski definition) is 3. The molecule has 2 aromatic rings. The Morgan fingerprint density at radius 2 is 2.22 bits per heavy atom. The summed E-state index contributed by atoms with van der Waals surface area (Å²) in [7, 11) is 0. The largest absolute Gasteiger partial charge is 0.323 e. The normalized spacial score (nSPS) is 16.8. The molecular formula is C14H18N4. The highest BCUT2D eigenvalue weighted by Gasteiger charge is 2.25. The SMILES string of the molecule is CCC(N)c1ccc(-n2ccc(C3CC3)n2)cn1. The maximum atomic E-state index is 5.95. The molecule has 94 valence electrons. The van der Waals surface area contributed by atoms with Gasteiger partial charge in [-0.15, -0.1) is 0 Å². The van der Waals surface area contributed by atoms with Crippen molar-refractivity contribution in [2.45, 2.75) is 38.1 Å². The number of nitrogens with zero attached hydrogens (tertiary/aromatic N) is 3. The summed E-state index contributed by atoms with van der Waals surface area (Å²) in [4.78, 5) is 4.41. The van der Waals surface area contributed by atoms with Gasteiger partial charge in [-0.3, -0.25) is 4.98 Å². The van der Waals surface area contributed by atoms with E-state index in [4.69, 9.17) is 5.73 Å². The van der Waals surface area contributed by atoms with Crippen LogP contribution in [0.25, 0.3) is 5.69 Å². The predicted molar refractivity (Wildman–Crippen MR) is 70.6 cm³/mol. The van der Waals surface area contributed by atoms with E-state index < -0.39 is 0 Å². The first-order valence-electron chi connectivity index (χ1n) is 6.55. The minimum Gasteiger partial charge on any atom is -0.323 e. The smallest absolute Gasteiger partial charge is 0.0829 e. The summed E-state index contributed by atoms with van der Waals surface area (Å²) < 4.78 is 1.89. The second-order valence-corrected chi connectivity index (χ2v) is 4.92. The van der Waals surface area contributed by atoms with Gasteiger partial charge in [0.2, 0.25) is 0 Å². The van der Waals surface area contributed by atoms with E-state index in [9.17, 15) is 0 Å². The fourth-order valence-electron chi connectivity index (χ4n) is 2.04. The standard InChI is InChI=1S/C14H18N4/c1-2-12(15)14-6-5-11(9-16-14)18-8-7-13(17-18)10-3-4-10/h5-10,12H,2-4,15H2,1H3. The first kappa shape index (κ1) is 11.4.